The van der Waals surface area contributed by atoms with E-state index in [2.05, 4.69) is 44.9 Å². The molecule has 1 N–H and O–H groups in total. The van der Waals surface area contributed by atoms with Gasteiger partial charge in [0, 0.05) is 24.9 Å². The summed E-state index contributed by atoms with van der Waals surface area (Å²) >= 11 is 0. The lowest BCUT2D eigenvalue weighted by molar-refractivity contribution is 0.250. The molecule has 0 bridgehead atoms. The van der Waals surface area contributed by atoms with Crippen molar-refractivity contribution in [1.29, 1.82) is 0 Å². The third-order valence-corrected chi connectivity index (χ3v) is 3.11. The van der Waals surface area contributed by atoms with E-state index in [1.807, 2.05) is 12.1 Å². The molecule has 0 aliphatic heterocycles. The number of aliphatic hydroxyl groups is 1. The van der Waals surface area contributed by atoms with Crippen molar-refractivity contribution in [3.63, 3.8) is 0 Å². The highest BCUT2D eigenvalue weighted by molar-refractivity contribution is 5.54. The van der Waals surface area contributed by atoms with Crippen molar-refractivity contribution in [2.75, 3.05) is 18.6 Å². The molecule has 84 valence electrons. The van der Waals surface area contributed by atoms with E-state index >= 15 is 0 Å². The molecule has 0 fully saturated rings. The first-order valence-electron chi connectivity index (χ1n) is 5.39. The molecule has 0 unspecified atom stereocenters. The molecule has 1 aromatic carbocycles. The second-order valence-corrected chi connectivity index (χ2v) is 4.63. The Hall–Kier alpha value is -1.02. The van der Waals surface area contributed by atoms with Crippen LogP contribution in [0.3, 0.4) is 0 Å². The van der Waals surface area contributed by atoms with E-state index in [9.17, 15) is 0 Å². The van der Waals surface area contributed by atoms with E-state index in [0.29, 0.717) is 0 Å². The largest absolute Gasteiger partial charge is 0.396 e. The summed E-state index contributed by atoms with van der Waals surface area (Å²) in [5.41, 5.74) is 2.49. The van der Waals surface area contributed by atoms with Crippen molar-refractivity contribution in [3.05, 3.63) is 29.8 Å². The van der Waals surface area contributed by atoms with Crippen LogP contribution in [0, 0.1) is 6.92 Å². The molecule has 0 aliphatic rings. The molecular formula is C13H21NO. The van der Waals surface area contributed by atoms with Gasteiger partial charge in [0.15, 0.2) is 0 Å². The first-order chi connectivity index (χ1) is 6.99. The molecule has 0 atom stereocenters. The highest BCUT2D eigenvalue weighted by Gasteiger charge is 2.23. The Morgan fingerprint density at radius 3 is 2.40 bits per heavy atom. The molecule has 15 heavy (non-hydrogen) atoms. The number of aryl methyl sites for hydroxylation is 1. The van der Waals surface area contributed by atoms with Crippen LogP contribution in [0.2, 0.25) is 0 Å². The predicted molar refractivity (Wildman–Crippen MR) is 65.4 cm³/mol. The molecule has 1 rings (SSSR count). The lowest BCUT2D eigenvalue weighted by Crippen LogP contribution is -2.42. The SMILES string of the molecule is Cc1ccccc1N(C)C(C)(C)CCO. The zero-order valence-electron chi connectivity index (χ0n) is 10.1. The monoisotopic (exact) mass is 207 g/mol. The zero-order valence-corrected chi connectivity index (χ0v) is 10.1. The Labute approximate surface area is 92.5 Å². The Morgan fingerprint density at radius 2 is 1.87 bits per heavy atom. The summed E-state index contributed by atoms with van der Waals surface area (Å²) in [6.07, 6.45) is 0.776. The van der Waals surface area contributed by atoms with Gasteiger partial charge < -0.3 is 10.0 Å². The Kier molecular flexibility index (Phi) is 3.75. The molecule has 0 heterocycles. The summed E-state index contributed by atoms with van der Waals surface area (Å²) < 4.78 is 0. The summed E-state index contributed by atoms with van der Waals surface area (Å²) in [6.45, 7) is 6.63. The van der Waals surface area contributed by atoms with Gasteiger partial charge in [0.1, 0.15) is 0 Å². The number of nitrogens with zero attached hydrogens (tertiary/aromatic N) is 1. The lowest BCUT2D eigenvalue weighted by atomic mass is 9.97. The van der Waals surface area contributed by atoms with Gasteiger partial charge in [-0.2, -0.15) is 0 Å². The van der Waals surface area contributed by atoms with Crippen LogP contribution < -0.4 is 4.90 Å². The van der Waals surface area contributed by atoms with Crippen LogP contribution in [0.5, 0.6) is 0 Å². The smallest absolute Gasteiger partial charge is 0.0453 e. The Morgan fingerprint density at radius 1 is 1.27 bits per heavy atom. The van der Waals surface area contributed by atoms with Crippen LogP contribution in [0.1, 0.15) is 25.8 Å². The Bertz CT molecular complexity index is 320. The van der Waals surface area contributed by atoms with E-state index in [4.69, 9.17) is 5.11 Å². The summed E-state index contributed by atoms with van der Waals surface area (Å²) in [7, 11) is 2.08. The van der Waals surface area contributed by atoms with Gasteiger partial charge in [0.05, 0.1) is 0 Å². The molecule has 0 saturated heterocycles. The second-order valence-electron chi connectivity index (χ2n) is 4.63. The summed E-state index contributed by atoms with van der Waals surface area (Å²) in [5.74, 6) is 0. The average molecular weight is 207 g/mol. The van der Waals surface area contributed by atoms with Gasteiger partial charge in [0.25, 0.3) is 0 Å². The number of benzene rings is 1. The van der Waals surface area contributed by atoms with Crippen LogP contribution in [0.4, 0.5) is 5.69 Å². The van der Waals surface area contributed by atoms with Gasteiger partial charge in [-0.15, -0.1) is 0 Å². The first kappa shape index (κ1) is 12.1. The molecule has 0 radical (unpaired) electrons. The fraction of sp³-hybridized carbons (Fsp3) is 0.538. The van der Waals surface area contributed by atoms with Crippen molar-refractivity contribution in [3.8, 4) is 0 Å². The molecule has 0 aromatic heterocycles. The molecule has 0 amide bonds. The lowest BCUT2D eigenvalue weighted by Gasteiger charge is -2.38. The highest BCUT2D eigenvalue weighted by atomic mass is 16.3. The number of rotatable bonds is 4. The van der Waals surface area contributed by atoms with Crippen LogP contribution >= 0.6 is 0 Å². The predicted octanol–water partition coefficient (Wildman–Crippen LogP) is 2.59. The minimum atomic E-state index is -0.0130. The van der Waals surface area contributed by atoms with Crippen molar-refractivity contribution in [1.82, 2.24) is 0 Å². The van der Waals surface area contributed by atoms with Gasteiger partial charge in [-0.05, 0) is 38.8 Å². The van der Waals surface area contributed by atoms with E-state index in [1.165, 1.54) is 11.3 Å². The van der Waals surface area contributed by atoms with Crippen molar-refractivity contribution >= 4 is 5.69 Å². The van der Waals surface area contributed by atoms with E-state index in [0.717, 1.165) is 6.42 Å². The molecule has 0 saturated carbocycles. The average Bonchev–Trinajstić information content (AvgIpc) is 2.17. The van der Waals surface area contributed by atoms with Gasteiger partial charge >= 0.3 is 0 Å². The third-order valence-electron chi connectivity index (χ3n) is 3.11. The van der Waals surface area contributed by atoms with E-state index < -0.39 is 0 Å². The maximum absolute atomic E-state index is 9.04. The fourth-order valence-corrected chi connectivity index (χ4v) is 1.71. The van der Waals surface area contributed by atoms with Gasteiger partial charge in [-0.3, -0.25) is 0 Å². The zero-order chi connectivity index (χ0) is 11.5. The molecule has 1 aromatic rings. The van der Waals surface area contributed by atoms with E-state index in [-0.39, 0.29) is 12.1 Å². The molecule has 0 aliphatic carbocycles. The van der Waals surface area contributed by atoms with Crippen molar-refractivity contribution in [2.24, 2.45) is 0 Å². The van der Waals surface area contributed by atoms with Crippen molar-refractivity contribution in [2.45, 2.75) is 32.7 Å². The van der Waals surface area contributed by atoms with Gasteiger partial charge in [-0.25, -0.2) is 0 Å². The molecule has 2 nitrogen and oxygen atoms in total. The Balaban J connectivity index is 2.93. The second kappa shape index (κ2) is 4.67. The minimum absolute atomic E-state index is 0.0130. The van der Waals surface area contributed by atoms with Gasteiger partial charge in [-0.1, -0.05) is 18.2 Å². The van der Waals surface area contributed by atoms with Gasteiger partial charge in [0.2, 0.25) is 0 Å². The normalized spacial score (nSPS) is 11.5. The number of anilines is 1. The van der Waals surface area contributed by atoms with Crippen LogP contribution in [-0.2, 0) is 0 Å². The molecule has 0 spiro atoms. The van der Waals surface area contributed by atoms with Crippen LogP contribution in [-0.4, -0.2) is 24.3 Å². The maximum Gasteiger partial charge on any atom is 0.0453 e. The molecular weight excluding hydrogens is 186 g/mol. The highest BCUT2D eigenvalue weighted by Crippen LogP contribution is 2.27. The molecule has 2 heteroatoms. The number of hydrogen-bond acceptors (Lipinski definition) is 2. The summed E-state index contributed by atoms with van der Waals surface area (Å²) in [6, 6.07) is 8.33. The standard InChI is InChI=1S/C13H21NO/c1-11-7-5-6-8-12(11)14(4)13(2,3)9-10-15/h5-8,15H,9-10H2,1-4H3. The fourth-order valence-electron chi connectivity index (χ4n) is 1.71. The first-order valence-corrected chi connectivity index (χ1v) is 5.39. The van der Waals surface area contributed by atoms with Crippen LogP contribution in [0.15, 0.2) is 24.3 Å². The van der Waals surface area contributed by atoms with E-state index in [1.54, 1.807) is 0 Å². The number of para-hydroxylation sites is 1. The summed E-state index contributed by atoms with van der Waals surface area (Å²) in [5, 5.41) is 9.04. The number of aliphatic hydroxyl groups excluding tert-OH is 1. The summed E-state index contributed by atoms with van der Waals surface area (Å²) in [4.78, 5) is 2.23. The maximum atomic E-state index is 9.04. The topological polar surface area (TPSA) is 23.5 Å². The van der Waals surface area contributed by atoms with Crippen molar-refractivity contribution < 1.29 is 5.11 Å². The quantitative estimate of drug-likeness (QED) is 0.820. The van der Waals surface area contributed by atoms with Crippen LogP contribution in [0.25, 0.3) is 0 Å². The minimum Gasteiger partial charge on any atom is -0.396 e. The number of hydrogen-bond donors (Lipinski definition) is 1. The third kappa shape index (κ3) is 2.72.